The Morgan fingerprint density at radius 1 is 1.29 bits per heavy atom. The highest BCUT2D eigenvalue weighted by Crippen LogP contribution is 2.27. The number of benzene rings is 1. The van der Waals surface area contributed by atoms with Crippen LogP contribution in [0.25, 0.3) is 11.0 Å². The van der Waals surface area contributed by atoms with Crippen molar-refractivity contribution in [1.29, 1.82) is 0 Å². The molecule has 0 saturated carbocycles. The number of nitrogens with zero attached hydrogens (tertiary/aromatic N) is 4. The van der Waals surface area contributed by atoms with Crippen molar-refractivity contribution in [2.45, 2.75) is 6.54 Å². The number of hydrogen-bond donors (Lipinski definition) is 1. The lowest BCUT2D eigenvalue weighted by atomic mass is 10.2. The first-order valence-electron chi connectivity index (χ1n) is 6.62. The molecule has 1 aromatic carbocycles. The molecule has 6 nitrogen and oxygen atoms in total. The Kier molecular flexibility index (Phi) is 2.89. The van der Waals surface area contributed by atoms with E-state index in [0.717, 1.165) is 22.3 Å². The Morgan fingerprint density at radius 3 is 3.19 bits per heavy atom. The topological polar surface area (TPSA) is 66.9 Å². The van der Waals surface area contributed by atoms with Crippen LogP contribution in [-0.4, -0.2) is 33.3 Å². The highest BCUT2D eigenvalue weighted by atomic mass is 35.5. The maximum atomic E-state index is 6.07. The molecule has 3 heterocycles. The van der Waals surface area contributed by atoms with Crippen LogP contribution in [0.2, 0.25) is 5.02 Å². The zero-order valence-corrected chi connectivity index (χ0v) is 11.8. The molecule has 3 aromatic rings. The van der Waals surface area contributed by atoms with Crippen LogP contribution in [0.15, 0.2) is 30.6 Å². The molecular formula is C14H12ClN5O. The Hall–Kier alpha value is -2.34. The summed E-state index contributed by atoms with van der Waals surface area (Å²) in [6.07, 6.45) is 3.48. The molecular weight excluding hydrogens is 290 g/mol. The summed E-state index contributed by atoms with van der Waals surface area (Å²) in [5.74, 6) is 1.52. The number of nitrogens with one attached hydrogen (secondary N) is 1. The van der Waals surface area contributed by atoms with Gasteiger partial charge < -0.3 is 9.64 Å². The molecule has 0 unspecified atom stereocenters. The summed E-state index contributed by atoms with van der Waals surface area (Å²) in [5, 5.41) is 8.42. The first-order valence-corrected chi connectivity index (χ1v) is 7.00. The fourth-order valence-electron chi connectivity index (χ4n) is 2.41. The van der Waals surface area contributed by atoms with Crippen LogP contribution in [0.4, 0.5) is 5.95 Å². The van der Waals surface area contributed by atoms with E-state index in [-0.39, 0.29) is 0 Å². The number of aromatic amines is 1. The summed E-state index contributed by atoms with van der Waals surface area (Å²) in [5.41, 5.74) is 1.77. The first kappa shape index (κ1) is 12.4. The van der Waals surface area contributed by atoms with Gasteiger partial charge in [0.25, 0.3) is 0 Å². The van der Waals surface area contributed by atoms with Gasteiger partial charge in [-0.15, -0.1) is 0 Å². The van der Waals surface area contributed by atoms with Gasteiger partial charge >= 0.3 is 0 Å². The van der Waals surface area contributed by atoms with E-state index in [9.17, 15) is 0 Å². The van der Waals surface area contributed by atoms with E-state index in [1.54, 1.807) is 12.4 Å². The van der Waals surface area contributed by atoms with E-state index in [1.165, 1.54) is 0 Å². The van der Waals surface area contributed by atoms with E-state index in [4.69, 9.17) is 16.3 Å². The molecule has 0 saturated heterocycles. The molecule has 1 N–H and O–H groups in total. The molecule has 0 amide bonds. The van der Waals surface area contributed by atoms with Crippen LogP contribution in [0.1, 0.15) is 5.56 Å². The molecule has 21 heavy (non-hydrogen) atoms. The SMILES string of the molecule is Clc1ccc2c(c1)CN(c1ncc3cn[nH]c3n1)CCO2. The van der Waals surface area contributed by atoms with Gasteiger partial charge in [0, 0.05) is 23.3 Å². The second-order valence-corrected chi connectivity index (χ2v) is 5.30. The zero-order chi connectivity index (χ0) is 14.2. The number of anilines is 1. The van der Waals surface area contributed by atoms with E-state index in [2.05, 4.69) is 25.1 Å². The van der Waals surface area contributed by atoms with Gasteiger partial charge in [-0.05, 0) is 18.2 Å². The lowest BCUT2D eigenvalue weighted by Gasteiger charge is -2.19. The van der Waals surface area contributed by atoms with Crippen LogP contribution in [-0.2, 0) is 6.54 Å². The Labute approximate surface area is 125 Å². The zero-order valence-electron chi connectivity index (χ0n) is 11.1. The van der Waals surface area contributed by atoms with E-state index >= 15 is 0 Å². The summed E-state index contributed by atoms with van der Waals surface area (Å²) in [4.78, 5) is 11.0. The number of ether oxygens (including phenoxy) is 1. The smallest absolute Gasteiger partial charge is 0.227 e. The lowest BCUT2D eigenvalue weighted by molar-refractivity contribution is 0.331. The second kappa shape index (κ2) is 4.89. The number of aromatic nitrogens is 4. The van der Waals surface area contributed by atoms with Crippen LogP contribution in [0, 0.1) is 0 Å². The van der Waals surface area contributed by atoms with Gasteiger partial charge in [0.05, 0.1) is 18.1 Å². The van der Waals surface area contributed by atoms with Crippen LogP contribution in [0.3, 0.4) is 0 Å². The summed E-state index contributed by atoms with van der Waals surface area (Å²) in [6.45, 7) is 1.96. The van der Waals surface area contributed by atoms with Crippen LogP contribution >= 0.6 is 11.6 Å². The van der Waals surface area contributed by atoms with Crippen molar-refractivity contribution < 1.29 is 4.74 Å². The molecule has 0 radical (unpaired) electrons. The van der Waals surface area contributed by atoms with Crippen LogP contribution < -0.4 is 9.64 Å². The van der Waals surface area contributed by atoms with Crippen molar-refractivity contribution in [1.82, 2.24) is 20.2 Å². The quantitative estimate of drug-likeness (QED) is 0.747. The van der Waals surface area contributed by atoms with Gasteiger partial charge in [0.15, 0.2) is 5.65 Å². The minimum absolute atomic E-state index is 0.582. The van der Waals surface area contributed by atoms with Gasteiger partial charge in [0.2, 0.25) is 5.95 Å². The number of halogens is 1. The highest BCUT2D eigenvalue weighted by Gasteiger charge is 2.18. The molecule has 0 fully saturated rings. The Bertz CT molecular complexity index is 803. The summed E-state index contributed by atoms with van der Waals surface area (Å²) in [6, 6.07) is 5.66. The molecule has 1 aliphatic heterocycles. The minimum Gasteiger partial charge on any atom is -0.491 e. The molecule has 0 aliphatic carbocycles. The number of H-pyrrole nitrogens is 1. The maximum Gasteiger partial charge on any atom is 0.227 e. The van der Waals surface area contributed by atoms with Gasteiger partial charge in [0.1, 0.15) is 12.4 Å². The van der Waals surface area contributed by atoms with E-state index in [0.29, 0.717) is 30.7 Å². The number of rotatable bonds is 1. The molecule has 1 aliphatic rings. The first-order chi connectivity index (χ1) is 10.3. The minimum atomic E-state index is 0.582. The lowest BCUT2D eigenvalue weighted by Crippen LogP contribution is -2.27. The second-order valence-electron chi connectivity index (χ2n) is 4.87. The van der Waals surface area contributed by atoms with Crippen molar-refractivity contribution in [3.05, 3.63) is 41.2 Å². The van der Waals surface area contributed by atoms with Crippen molar-refractivity contribution >= 4 is 28.6 Å². The molecule has 0 bridgehead atoms. The van der Waals surface area contributed by atoms with E-state index in [1.807, 2.05) is 18.2 Å². The van der Waals surface area contributed by atoms with Crippen molar-refractivity contribution in [2.24, 2.45) is 0 Å². The number of hydrogen-bond acceptors (Lipinski definition) is 5. The number of fused-ring (bicyclic) bond motifs is 2. The van der Waals surface area contributed by atoms with Gasteiger partial charge in [-0.3, -0.25) is 5.10 Å². The van der Waals surface area contributed by atoms with Gasteiger partial charge in [-0.2, -0.15) is 10.1 Å². The average Bonchev–Trinajstić information content (AvgIpc) is 2.85. The summed E-state index contributed by atoms with van der Waals surface area (Å²) < 4.78 is 5.75. The fourth-order valence-corrected chi connectivity index (χ4v) is 2.61. The Balaban J connectivity index is 1.71. The molecule has 0 atom stereocenters. The molecule has 106 valence electrons. The predicted molar refractivity (Wildman–Crippen MR) is 79.7 cm³/mol. The highest BCUT2D eigenvalue weighted by molar-refractivity contribution is 6.30. The maximum absolute atomic E-state index is 6.07. The third kappa shape index (κ3) is 2.27. The molecule has 2 aromatic heterocycles. The van der Waals surface area contributed by atoms with Crippen molar-refractivity contribution in [3.63, 3.8) is 0 Å². The van der Waals surface area contributed by atoms with Crippen molar-refractivity contribution in [3.8, 4) is 5.75 Å². The van der Waals surface area contributed by atoms with E-state index < -0.39 is 0 Å². The standard InChI is InChI=1S/C14H12ClN5O/c15-11-1-2-12-9(5-11)8-20(3-4-21-12)14-16-6-10-7-17-19-13(10)18-14/h1-2,5-7H,3-4,8H2,(H,16,17,18,19). The summed E-state index contributed by atoms with van der Waals surface area (Å²) in [7, 11) is 0. The average molecular weight is 302 g/mol. The normalized spacial score (nSPS) is 14.6. The predicted octanol–water partition coefficient (Wildman–Crippen LogP) is 2.41. The van der Waals surface area contributed by atoms with Gasteiger partial charge in [-0.25, -0.2) is 4.98 Å². The molecule has 0 spiro atoms. The third-order valence-electron chi connectivity index (χ3n) is 3.46. The third-order valence-corrected chi connectivity index (χ3v) is 3.70. The van der Waals surface area contributed by atoms with Crippen LogP contribution in [0.5, 0.6) is 5.75 Å². The largest absolute Gasteiger partial charge is 0.491 e. The van der Waals surface area contributed by atoms with Crippen molar-refractivity contribution in [2.75, 3.05) is 18.1 Å². The fraction of sp³-hybridized carbons (Fsp3) is 0.214. The monoisotopic (exact) mass is 301 g/mol. The summed E-state index contributed by atoms with van der Waals surface area (Å²) >= 11 is 6.07. The molecule has 4 rings (SSSR count). The Morgan fingerprint density at radius 2 is 2.24 bits per heavy atom. The van der Waals surface area contributed by atoms with Gasteiger partial charge in [-0.1, -0.05) is 11.6 Å². The molecule has 7 heteroatoms.